The van der Waals surface area contributed by atoms with E-state index in [0.717, 1.165) is 6.08 Å². The van der Waals surface area contributed by atoms with Gasteiger partial charge < -0.3 is 14.3 Å². The first-order valence-corrected chi connectivity index (χ1v) is 8.12. The van der Waals surface area contributed by atoms with Gasteiger partial charge in [-0.25, -0.2) is 15.1 Å². The number of anilines is 1. The molecule has 2 aromatic carbocycles. The summed E-state index contributed by atoms with van der Waals surface area (Å²) < 4.78 is 10.3. The molecule has 0 aliphatic heterocycles. The number of nitrogens with zero attached hydrogens (tertiary/aromatic N) is 1. The van der Waals surface area contributed by atoms with E-state index in [1.54, 1.807) is 48.5 Å². The van der Waals surface area contributed by atoms with Crippen LogP contribution in [0, 0.1) is 11.3 Å². The Labute approximate surface area is 156 Å². The lowest BCUT2D eigenvalue weighted by Crippen LogP contribution is -2.11. The summed E-state index contributed by atoms with van der Waals surface area (Å²) >= 11 is 0. The minimum atomic E-state index is -0.553. The van der Waals surface area contributed by atoms with Gasteiger partial charge in [0, 0.05) is 12.5 Å². The number of nitrogens with one attached hydrogen (secondary N) is 1. The normalized spacial score (nSPS) is 9.59. The Balaban J connectivity index is 1.74. The number of carbonyl (C=O) groups is 2. The summed E-state index contributed by atoms with van der Waals surface area (Å²) in [5, 5.41) is 8.74. The van der Waals surface area contributed by atoms with E-state index >= 15 is 0 Å². The lowest BCUT2D eigenvalue weighted by Gasteiger charge is -2.08. The first kappa shape index (κ1) is 19.5. The summed E-state index contributed by atoms with van der Waals surface area (Å²) in [4.78, 5) is 27.9. The standard InChI is InChI=1S/C20H18N2O5/c1-2-19(23)26-13-3-12-25-18-10-6-16(7-11-18)20(24)27-22-17-8-4-15(14-21)5-9-17/h2,4-11,22H,1,3,12-13H2. The molecule has 138 valence electrons. The van der Waals surface area contributed by atoms with Crippen molar-refractivity contribution in [1.29, 1.82) is 5.26 Å². The highest BCUT2D eigenvalue weighted by Gasteiger charge is 2.08. The van der Waals surface area contributed by atoms with Crippen LogP contribution in [0.3, 0.4) is 0 Å². The molecule has 7 heteroatoms. The van der Waals surface area contributed by atoms with E-state index in [1.165, 1.54) is 0 Å². The molecule has 0 heterocycles. The molecule has 27 heavy (non-hydrogen) atoms. The largest absolute Gasteiger partial charge is 0.493 e. The van der Waals surface area contributed by atoms with E-state index in [4.69, 9.17) is 19.6 Å². The van der Waals surface area contributed by atoms with Gasteiger partial charge in [-0.1, -0.05) is 6.58 Å². The summed E-state index contributed by atoms with van der Waals surface area (Å²) in [5.74, 6) is -0.434. The third kappa shape index (κ3) is 6.55. The molecule has 0 radical (unpaired) electrons. The van der Waals surface area contributed by atoms with Crippen LogP contribution in [0.1, 0.15) is 22.3 Å². The second-order valence-electron chi connectivity index (χ2n) is 5.28. The number of carbonyl (C=O) groups excluding carboxylic acids is 2. The fourth-order valence-corrected chi connectivity index (χ4v) is 1.94. The van der Waals surface area contributed by atoms with E-state index < -0.39 is 11.9 Å². The number of benzene rings is 2. The summed E-state index contributed by atoms with van der Waals surface area (Å²) in [6.45, 7) is 3.92. The summed E-state index contributed by atoms with van der Waals surface area (Å²) in [5.41, 5.74) is 3.95. The molecule has 0 aliphatic rings. The third-order valence-electron chi connectivity index (χ3n) is 3.33. The highest BCUT2D eigenvalue weighted by atomic mass is 16.7. The van der Waals surface area contributed by atoms with Crippen LogP contribution in [-0.2, 0) is 14.4 Å². The molecular formula is C20H18N2O5. The van der Waals surface area contributed by atoms with Crippen LogP contribution in [0.2, 0.25) is 0 Å². The Morgan fingerprint density at radius 1 is 1.07 bits per heavy atom. The SMILES string of the molecule is C=CC(=O)OCCCOc1ccc(C(=O)ONc2ccc(C#N)cc2)cc1. The van der Waals surface area contributed by atoms with Gasteiger partial charge >= 0.3 is 11.9 Å². The summed E-state index contributed by atoms with van der Waals surface area (Å²) in [7, 11) is 0. The number of hydrogen-bond donors (Lipinski definition) is 1. The zero-order chi connectivity index (χ0) is 19.5. The quantitative estimate of drug-likeness (QED) is 0.315. The van der Waals surface area contributed by atoms with Gasteiger partial charge in [-0.05, 0) is 48.5 Å². The molecule has 2 aromatic rings. The second kappa shape index (κ2) is 10.3. The number of hydrogen-bond acceptors (Lipinski definition) is 7. The van der Waals surface area contributed by atoms with Crippen LogP contribution in [0.25, 0.3) is 0 Å². The molecule has 0 saturated heterocycles. The van der Waals surface area contributed by atoms with Gasteiger partial charge in [0.05, 0.1) is 36.1 Å². The molecule has 0 bridgehead atoms. The van der Waals surface area contributed by atoms with Gasteiger partial charge in [-0.15, -0.1) is 0 Å². The van der Waals surface area contributed by atoms with Crippen molar-refractivity contribution < 1.29 is 23.9 Å². The molecule has 0 amide bonds. The van der Waals surface area contributed by atoms with E-state index in [9.17, 15) is 9.59 Å². The van der Waals surface area contributed by atoms with Crippen LogP contribution in [-0.4, -0.2) is 25.2 Å². The maximum atomic E-state index is 12.0. The highest BCUT2D eigenvalue weighted by molar-refractivity contribution is 5.90. The third-order valence-corrected chi connectivity index (χ3v) is 3.33. The Morgan fingerprint density at radius 2 is 1.78 bits per heavy atom. The molecule has 0 fully saturated rings. The Morgan fingerprint density at radius 3 is 2.41 bits per heavy atom. The second-order valence-corrected chi connectivity index (χ2v) is 5.28. The first-order chi connectivity index (χ1) is 13.1. The van der Waals surface area contributed by atoms with Crippen molar-refractivity contribution >= 4 is 17.6 Å². The Hall–Kier alpha value is -3.79. The van der Waals surface area contributed by atoms with Crippen LogP contribution in [0.5, 0.6) is 5.75 Å². The van der Waals surface area contributed by atoms with Gasteiger partial charge in [0.25, 0.3) is 0 Å². The molecule has 0 aromatic heterocycles. The van der Waals surface area contributed by atoms with E-state index in [2.05, 4.69) is 12.1 Å². The lowest BCUT2D eigenvalue weighted by atomic mass is 10.2. The number of ether oxygens (including phenoxy) is 2. The van der Waals surface area contributed by atoms with E-state index in [-0.39, 0.29) is 6.61 Å². The minimum absolute atomic E-state index is 0.246. The van der Waals surface area contributed by atoms with Crippen molar-refractivity contribution in [1.82, 2.24) is 0 Å². The maximum Gasteiger partial charge on any atom is 0.362 e. The van der Waals surface area contributed by atoms with Crippen molar-refractivity contribution in [2.75, 3.05) is 18.7 Å². The maximum absolute atomic E-state index is 12.0. The minimum Gasteiger partial charge on any atom is -0.493 e. The number of rotatable bonds is 9. The van der Waals surface area contributed by atoms with Gasteiger partial charge in [0.15, 0.2) is 0 Å². The van der Waals surface area contributed by atoms with Crippen molar-refractivity contribution in [3.8, 4) is 11.8 Å². The smallest absolute Gasteiger partial charge is 0.362 e. The van der Waals surface area contributed by atoms with Crippen molar-refractivity contribution in [3.05, 3.63) is 72.3 Å². The average molecular weight is 366 g/mol. The predicted molar refractivity (Wildman–Crippen MR) is 97.9 cm³/mol. The number of nitriles is 1. The Bertz CT molecular complexity index is 823. The molecule has 0 aliphatic carbocycles. The molecule has 0 spiro atoms. The van der Waals surface area contributed by atoms with Crippen LogP contribution >= 0.6 is 0 Å². The topological polar surface area (TPSA) is 97.7 Å². The fourth-order valence-electron chi connectivity index (χ4n) is 1.94. The van der Waals surface area contributed by atoms with Crippen LogP contribution in [0.4, 0.5) is 5.69 Å². The zero-order valence-electron chi connectivity index (χ0n) is 14.5. The molecule has 7 nitrogen and oxygen atoms in total. The van der Waals surface area contributed by atoms with Gasteiger partial charge in [-0.3, -0.25) is 0 Å². The zero-order valence-corrected chi connectivity index (χ0v) is 14.5. The van der Waals surface area contributed by atoms with E-state index in [1.807, 2.05) is 6.07 Å². The van der Waals surface area contributed by atoms with Crippen LogP contribution < -0.4 is 10.2 Å². The summed E-state index contributed by atoms with van der Waals surface area (Å²) in [6, 6.07) is 14.9. The highest BCUT2D eigenvalue weighted by Crippen LogP contribution is 2.14. The fraction of sp³-hybridized carbons (Fsp3) is 0.150. The number of esters is 1. The predicted octanol–water partition coefficient (Wildman–Crippen LogP) is 3.24. The first-order valence-electron chi connectivity index (χ1n) is 8.12. The van der Waals surface area contributed by atoms with Crippen molar-refractivity contribution in [2.45, 2.75) is 6.42 Å². The summed E-state index contributed by atoms with van der Waals surface area (Å²) in [6.07, 6.45) is 1.65. The van der Waals surface area contributed by atoms with Gasteiger partial charge in [0.1, 0.15) is 5.75 Å². The molecular weight excluding hydrogens is 348 g/mol. The molecule has 0 atom stereocenters. The molecule has 2 rings (SSSR count). The van der Waals surface area contributed by atoms with Crippen molar-refractivity contribution in [2.24, 2.45) is 0 Å². The molecule has 0 unspecified atom stereocenters. The molecule has 0 saturated carbocycles. The Kier molecular flexibility index (Phi) is 7.42. The van der Waals surface area contributed by atoms with Crippen LogP contribution in [0.15, 0.2) is 61.2 Å². The average Bonchev–Trinajstić information content (AvgIpc) is 2.72. The lowest BCUT2D eigenvalue weighted by molar-refractivity contribution is -0.137. The van der Waals surface area contributed by atoms with Gasteiger partial charge in [0.2, 0.25) is 0 Å². The molecule has 1 N–H and O–H groups in total. The van der Waals surface area contributed by atoms with Gasteiger partial charge in [-0.2, -0.15) is 5.26 Å². The monoisotopic (exact) mass is 366 g/mol. The van der Waals surface area contributed by atoms with E-state index in [0.29, 0.717) is 35.6 Å². The van der Waals surface area contributed by atoms with Crippen molar-refractivity contribution in [3.63, 3.8) is 0 Å².